The maximum Gasteiger partial charge on any atom is 0.252 e. The number of hydrogen-bond donors (Lipinski definition) is 1. The highest BCUT2D eigenvalue weighted by atomic mass is 19.1. The molecule has 1 saturated carbocycles. The summed E-state index contributed by atoms with van der Waals surface area (Å²) in [6.45, 7) is 1.32. The minimum Gasteiger partial charge on any atom is -0.377 e. The van der Waals surface area contributed by atoms with Gasteiger partial charge in [0.15, 0.2) is 5.82 Å². The third-order valence-corrected chi connectivity index (χ3v) is 4.40. The fraction of sp³-hybridized carbons (Fsp3) is 0.786. The standard InChI is InChI=1S/C14H21FN4O4/c1-21-7-11-17-12(18-23-11)10-6-22-3-2-19(10)13(20)9-4-14(15,5-9)8-16/h9-10H,2-8,16H2,1H3. The van der Waals surface area contributed by atoms with E-state index in [1.54, 1.807) is 4.90 Å². The number of aromatic nitrogens is 2. The van der Waals surface area contributed by atoms with Crippen LogP contribution in [0, 0.1) is 5.92 Å². The van der Waals surface area contributed by atoms with Crippen LogP contribution in [0.15, 0.2) is 4.52 Å². The predicted octanol–water partition coefficient (Wildman–Crippen LogP) is 0.193. The van der Waals surface area contributed by atoms with Gasteiger partial charge in [-0.15, -0.1) is 0 Å². The molecule has 1 unspecified atom stereocenters. The molecule has 1 saturated heterocycles. The monoisotopic (exact) mass is 328 g/mol. The maximum absolute atomic E-state index is 13.9. The number of halogens is 1. The number of rotatable bonds is 5. The van der Waals surface area contributed by atoms with Gasteiger partial charge >= 0.3 is 0 Å². The summed E-state index contributed by atoms with van der Waals surface area (Å²) in [5.41, 5.74) is 3.99. The van der Waals surface area contributed by atoms with Crippen molar-refractivity contribution in [1.29, 1.82) is 0 Å². The molecule has 0 aromatic carbocycles. The van der Waals surface area contributed by atoms with Gasteiger partial charge in [-0.2, -0.15) is 4.98 Å². The Bertz CT molecular complexity index is 561. The van der Waals surface area contributed by atoms with Gasteiger partial charge in [0.1, 0.15) is 18.3 Å². The number of carbonyl (C=O) groups is 1. The molecule has 1 aromatic heterocycles. The third kappa shape index (κ3) is 3.22. The fourth-order valence-electron chi connectivity index (χ4n) is 3.07. The van der Waals surface area contributed by atoms with Crippen LogP contribution < -0.4 is 5.73 Å². The number of nitrogens with two attached hydrogens (primary N) is 1. The second-order valence-corrected chi connectivity index (χ2v) is 6.06. The molecule has 9 heteroatoms. The second-order valence-electron chi connectivity index (χ2n) is 6.06. The molecule has 2 N–H and O–H groups in total. The predicted molar refractivity (Wildman–Crippen MR) is 75.9 cm³/mol. The van der Waals surface area contributed by atoms with Gasteiger partial charge in [0.2, 0.25) is 5.91 Å². The number of morpholine rings is 1. The molecule has 2 aliphatic rings. The van der Waals surface area contributed by atoms with E-state index >= 15 is 0 Å². The van der Waals surface area contributed by atoms with Crippen LogP contribution in [-0.4, -0.2) is 60.0 Å². The first-order chi connectivity index (χ1) is 11.1. The zero-order chi connectivity index (χ0) is 16.4. The van der Waals surface area contributed by atoms with Gasteiger partial charge in [0, 0.05) is 26.1 Å². The van der Waals surface area contributed by atoms with Crippen molar-refractivity contribution in [1.82, 2.24) is 15.0 Å². The van der Waals surface area contributed by atoms with Crippen LogP contribution in [0.2, 0.25) is 0 Å². The summed E-state index contributed by atoms with van der Waals surface area (Å²) < 4.78 is 29.4. The topological polar surface area (TPSA) is 104 Å². The lowest BCUT2D eigenvalue weighted by Gasteiger charge is -2.44. The summed E-state index contributed by atoms with van der Waals surface area (Å²) in [5.74, 6) is 0.289. The number of nitrogens with zero attached hydrogens (tertiary/aromatic N) is 3. The van der Waals surface area contributed by atoms with Crippen molar-refractivity contribution in [3.63, 3.8) is 0 Å². The first-order valence-electron chi connectivity index (χ1n) is 7.65. The Morgan fingerprint density at radius 3 is 3.04 bits per heavy atom. The molecule has 1 aliphatic carbocycles. The molecule has 2 heterocycles. The number of methoxy groups -OCH3 is 1. The smallest absolute Gasteiger partial charge is 0.252 e. The quantitative estimate of drug-likeness (QED) is 0.823. The highest BCUT2D eigenvalue weighted by molar-refractivity contribution is 5.80. The van der Waals surface area contributed by atoms with Crippen LogP contribution in [0.25, 0.3) is 0 Å². The van der Waals surface area contributed by atoms with Gasteiger partial charge in [-0.05, 0) is 12.8 Å². The van der Waals surface area contributed by atoms with Gasteiger partial charge in [0.25, 0.3) is 5.89 Å². The Kier molecular flexibility index (Phi) is 4.60. The van der Waals surface area contributed by atoms with Gasteiger partial charge in [-0.1, -0.05) is 5.16 Å². The molecular weight excluding hydrogens is 307 g/mol. The summed E-state index contributed by atoms with van der Waals surface area (Å²) in [7, 11) is 1.53. The minimum absolute atomic E-state index is 0.0471. The number of carbonyl (C=O) groups excluding carboxylic acids is 1. The lowest BCUT2D eigenvalue weighted by molar-refractivity contribution is -0.153. The van der Waals surface area contributed by atoms with Crippen molar-refractivity contribution in [2.24, 2.45) is 11.7 Å². The van der Waals surface area contributed by atoms with Crippen LogP contribution in [0.5, 0.6) is 0 Å². The van der Waals surface area contributed by atoms with E-state index in [4.69, 9.17) is 19.7 Å². The molecule has 1 aliphatic heterocycles. The number of amides is 1. The fourth-order valence-corrected chi connectivity index (χ4v) is 3.07. The molecule has 3 rings (SSSR count). The highest BCUT2D eigenvalue weighted by Gasteiger charge is 2.49. The van der Waals surface area contributed by atoms with E-state index in [0.29, 0.717) is 31.5 Å². The molecule has 0 radical (unpaired) electrons. The SMILES string of the molecule is COCc1nc(C2COCCN2C(=O)C2CC(F)(CN)C2)no1. The summed E-state index contributed by atoms with van der Waals surface area (Å²) in [6.07, 6.45) is 0.348. The van der Waals surface area contributed by atoms with E-state index in [1.165, 1.54) is 7.11 Å². The van der Waals surface area contributed by atoms with Crippen molar-refractivity contribution < 1.29 is 23.2 Å². The van der Waals surface area contributed by atoms with Crippen molar-refractivity contribution in [3.05, 3.63) is 11.7 Å². The minimum atomic E-state index is -1.40. The van der Waals surface area contributed by atoms with Gasteiger partial charge in [-0.3, -0.25) is 4.79 Å². The van der Waals surface area contributed by atoms with E-state index in [9.17, 15) is 9.18 Å². The maximum atomic E-state index is 13.9. The Morgan fingerprint density at radius 1 is 1.57 bits per heavy atom. The van der Waals surface area contributed by atoms with E-state index < -0.39 is 11.7 Å². The second kappa shape index (κ2) is 6.50. The molecule has 1 aromatic rings. The van der Waals surface area contributed by atoms with Crippen LogP contribution >= 0.6 is 0 Å². The summed E-state index contributed by atoms with van der Waals surface area (Å²) >= 11 is 0. The number of hydrogen-bond acceptors (Lipinski definition) is 7. The normalized spacial score (nSPS) is 31.0. The number of alkyl halides is 1. The van der Waals surface area contributed by atoms with E-state index in [1.807, 2.05) is 0 Å². The Balaban J connectivity index is 1.70. The third-order valence-electron chi connectivity index (χ3n) is 4.40. The zero-order valence-electron chi connectivity index (χ0n) is 13.0. The molecule has 0 bridgehead atoms. The first kappa shape index (κ1) is 16.3. The van der Waals surface area contributed by atoms with Crippen LogP contribution in [0.3, 0.4) is 0 Å². The van der Waals surface area contributed by atoms with Crippen LogP contribution in [0.4, 0.5) is 4.39 Å². The Hall–Kier alpha value is -1.58. The van der Waals surface area contributed by atoms with Crippen LogP contribution in [0.1, 0.15) is 30.6 Å². The average Bonchev–Trinajstić information content (AvgIpc) is 3.00. The van der Waals surface area contributed by atoms with Gasteiger partial charge < -0.3 is 24.6 Å². The molecular formula is C14H21FN4O4. The van der Waals surface area contributed by atoms with Crippen LogP contribution in [-0.2, 0) is 20.9 Å². The van der Waals surface area contributed by atoms with Crippen molar-refractivity contribution in [2.45, 2.75) is 31.2 Å². The molecule has 0 spiro atoms. The van der Waals surface area contributed by atoms with Gasteiger partial charge in [-0.25, -0.2) is 4.39 Å². The van der Waals surface area contributed by atoms with Gasteiger partial charge in [0.05, 0.1) is 13.2 Å². The van der Waals surface area contributed by atoms with E-state index in [2.05, 4.69) is 10.1 Å². The Morgan fingerprint density at radius 2 is 2.35 bits per heavy atom. The van der Waals surface area contributed by atoms with E-state index in [-0.39, 0.29) is 37.8 Å². The van der Waals surface area contributed by atoms with E-state index in [0.717, 1.165) is 0 Å². The first-order valence-corrected chi connectivity index (χ1v) is 7.65. The van der Waals surface area contributed by atoms with Crippen molar-refractivity contribution in [3.8, 4) is 0 Å². The molecule has 1 amide bonds. The molecule has 128 valence electrons. The molecule has 8 nitrogen and oxygen atoms in total. The largest absolute Gasteiger partial charge is 0.377 e. The molecule has 1 atom stereocenters. The number of ether oxygens (including phenoxy) is 2. The van der Waals surface area contributed by atoms with Crippen molar-refractivity contribution >= 4 is 5.91 Å². The summed E-state index contributed by atoms with van der Waals surface area (Å²) in [5, 5.41) is 3.90. The molecule has 2 fully saturated rings. The van der Waals surface area contributed by atoms with Crippen molar-refractivity contribution in [2.75, 3.05) is 33.4 Å². The molecule has 23 heavy (non-hydrogen) atoms. The average molecular weight is 328 g/mol. The lowest BCUT2D eigenvalue weighted by Crippen LogP contribution is -2.54. The highest BCUT2D eigenvalue weighted by Crippen LogP contribution is 2.42. The Labute approximate surface area is 133 Å². The zero-order valence-corrected chi connectivity index (χ0v) is 13.0. The summed E-state index contributed by atoms with van der Waals surface area (Å²) in [6, 6.07) is -0.418. The summed E-state index contributed by atoms with van der Waals surface area (Å²) in [4.78, 5) is 18.5. The lowest BCUT2D eigenvalue weighted by atomic mass is 9.71.